The molecule has 0 unspecified atom stereocenters. The summed E-state index contributed by atoms with van der Waals surface area (Å²) in [6.45, 7) is 7.82. The van der Waals surface area contributed by atoms with Crippen LogP contribution in [0.5, 0.6) is 0 Å². The Kier molecular flexibility index (Phi) is 3.01. The first-order valence-electron chi connectivity index (χ1n) is 2.79. The van der Waals surface area contributed by atoms with Crippen LogP contribution in [0.1, 0.15) is 20.3 Å². The number of hydrogen-bond acceptors (Lipinski definition) is 1. The maximum atomic E-state index is 5.23. The quantitative estimate of drug-likeness (QED) is 0.540. The predicted octanol–water partition coefficient (Wildman–Crippen LogP) is 1.82. The van der Waals surface area contributed by atoms with Gasteiger partial charge in [-0.25, -0.2) is 0 Å². The Labute approximate surface area is 50.9 Å². The van der Waals surface area contributed by atoms with Crippen LogP contribution in [0.4, 0.5) is 0 Å². The lowest BCUT2D eigenvalue weighted by Gasteiger charge is -1.97. The normalized spacial score (nSPS) is 11.5. The fourth-order valence-corrected chi connectivity index (χ4v) is 0.397. The summed E-state index contributed by atoms with van der Waals surface area (Å²) in [6, 6.07) is 0. The number of hydrogen-bond donors (Lipinski definition) is 1. The molecule has 0 aliphatic carbocycles. The van der Waals surface area contributed by atoms with Crippen molar-refractivity contribution in [2.75, 3.05) is 0 Å². The third-order valence-electron chi connectivity index (χ3n) is 1.23. The summed E-state index contributed by atoms with van der Waals surface area (Å²) in [5.41, 5.74) is 7.43. The number of allylic oxidation sites excluding steroid dienone is 2. The first-order valence-corrected chi connectivity index (χ1v) is 2.79. The molecule has 0 heterocycles. The molecule has 1 nitrogen and oxygen atoms in total. The molecule has 0 aromatic heterocycles. The molecular weight excluding hydrogens is 98.1 g/mol. The second kappa shape index (κ2) is 3.30. The van der Waals surface area contributed by atoms with Gasteiger partial charge in [-0.3, -0.25) is 0 Å². The molecule has 46 valence electrons. The molecule has 0 aromatic carbocycles. The second-order valence-electron chi connectivity index (χ2n) is 1.81. The van der Waals surface area contributed by atoms with E-state index in [0.717, 1.165) is 17.6 Å². The van der Waals surface area contributed by atoms with Crippen molar-refractivity contribution in [2.24, 2.45) is 5.73 Å². The van der Waals surface area contributed by atoms with Crippen molar-refractivity contribution in [2.45, 2.75) is 20.3 Å². The van der Waals surface area contributed by atoms with Crippen LogP contribution >= 0.6 is 0 Å². The lowest BCUT2D eigenvalue weighted by atomic mass is 10.1. The Balaban J connectivity index is 3.83. The van der Waals surface area contributed by atoms with Crippen LogP contribution < -0.4 is 5.73 Å². The van der Waals surface area contributed by atoms with Crippen molar-refractivity contribution in [1.29, 1.82) is 0 Å². The van der Waals surface area contributed by atoms with Crippen LogP contribution in [0.25, 0.3) is 0 Å². The van der Waals surface area contributed by atoms with Gasteiger partial charge >= 0.3 is 0 Å². The molecule has 0 amide bonds. The zero-order valence-electron chi connectivity index (χ0n) is 5.57. The van der Waals surface area contributed by atoms with Gasteiger partial charge in [0.15, 0.2) is 0 Å². The van der Waals surface area contributed by atoms with E-state index in [1.807, 2.05) is 6.92 Å². The van der Waals surface area contributed by atoms with Gasteiger partial charge in [0.25, 0.3) is 0 Å². The Bertz CT molecular complexity index is 112. The Morgan fingerprint density at radius 1 is 1.75 bits per heavy atom. The van der Waals surface area contributed by atoms with E-state index >= 15 is 0 Å². The lowest BCUT2D eigenvalue weighted by molar-refractivity contribution is 1.11. The van der Waals surface area contributed by atoms with Gasteiger partial charge < -0.3 is 5.73 Å². The molecule has 0 bridgehead atoms. The largest absolute Gasteiger partial charge is 0.404 e. The van der Waals surface area contributed by atoms with Crippen molar-refractivity contribution in [3.8, 4) is 0 Å². The van der Waals surface area contributed by atoms with Crippen molar-refractivity contribution in [3.05, 3.63) is 23.9 Å². The van der Waals surface area contributed by atoms with Gasteiger partial charge in [-0.2, -0.15) is 0 Å². The molecule has 0 saturated carbocycles. The molecule has 0 saturated heterocycles. The van der Waals surface area contributed by atoms with Crippen molar-refractivity contribution in [1.82, 2.24) is 0 Å². The fourth-order valence-electron chi connectivity index (χ4n) is 0.397. The predicted molar refractivity (Wildman–Crippen MR) is 37.4 cm³/mol. The third kappa shape index (κ3) is 1.82. The summed E-state index contributed by atoms with van der Waals surface area (Å²) in [5, 5.41) is 0. The van der Waals surface area contributed by atoms with E-state index in [0.29, 0.717) is 0 Å². The molecule has 0 rings (SSSR count). The standard InChI is InChI=1S/C7H13N/c1-4-6(2)7(3)5-8/h5H,2,4,8H2,1,3H3/b7-5+. The topological polar surface area (TPSA) is 26.0 Å². The molecule has 0 spiro atoms. The van der Waals surface area contributed by atoms with E-state index in [4.69, 9.17) is 5.73 Å². The molecule has 0 atom stereocenters. The molecular formula is C7H13N. The minimum Gasteiger partial charge on any atom is -0.404 e. The summed E-state index contributed by atoms with van der Waals surface area (Å²) in [7, 11) is 0. The van der Waals surface area contributed by atoms with Gasteiger partial charge in [0, 0.05) is 0 Å². The molecule has 0 aliphatic heterocycles. The van der Waals surface area contributed by atoms with Crippen LogP contribution in [-0.4, -0.2) is 0 Å². The van der Waals surface area contributed by atoms with E-state index in [1.54, 1.807) is 6.20 Å². The number of rotatable bonds is 2. The highest BCUT2D eigenvalue weighted by Gasteiger charge is 1.88. The van der Waals surface area contributed by atoms with Crippen LogP contribution in [0.3, 0.4) is 0 Å². The Morgan fingerprint density at radius 2 is 2.25 bits per heavy atom. The molecule has 0 radical (unpaired) electrons. The summed E-state index contributed by atoms with van der Waals surface area (Å²) < 4.78 is 0. The highest BCUT2D eigenvalue weighted by Crippen LogP contribution is 2.07. The van der Waals surface area contributed by atoms with Crippen LogP contribution in [0.15, 0.2) is 23.9 Å². The Hall–Kier alpha value is -0.720. The van der Waals surface area contributed by atoms with E-state index in [2.05, 4.69) is 13.5 Å². The minimum absolute atomic E-state index is 0.986. The molecule has 0 aromatic rings. The average molecular weight is 111 g/mol. The van der Waals surface area contributed by atoms with Gasteiger partial charge in [-0.05, 0) is 25.1 Å². The monoisotopic (exact) mass is 111 g/mol. The molecule has 8 heavy (non-hydrogen) atoms. The van der Waals surface area contributed by atoms with Gasteiger partial charge in [-0.1, -0.05) is 19.1 Å². The zero-order valence-corrected chi connectivity index (χ0v) is 5.57. The van der Waals surface area contributed by atoms with E-state index in [1.165, 1.54) is 0 Å². The smallest absolute Gasteiger partial charge is 0.00300 e. The molecule has 2 N–H and O–H groups in total. The SMILES string of the molecule is C=C(CC)/C(C)=C/N. The molecule has 0 aliphatic rings. The van der Waals surface area contributed by atoms with E-state index in [-0.39, 0.29) is 0 Å². The fraction of sp³-hybridized carbons (Fsp3) is 0.429. The van der Waals surface area contributed by atoms with Crippen LogP contribution in [0.2, 0.25) is 0 Å². The lowest BCUT2D eigenvalue weighted by Crippen LogP contribution is -1.86. The maximum absolute atomic E-state index is 5.23. The van der Waals surface area contributed by atoms with Crippen LogP contribution in [-0.2, 0) is 0 Å². The molecule has 1 heteroatoms. The maximum Gasteiger partial charge on any atom is -0.00300 e. The second-order valence-corrected chi connectivity index (χ2v) is 1.81. The number of nitrogens with two attached hydrogens (primary N) is 1. The average Bonchev–Trinajstić information content (AvgIpc) is 1.84. The summed E-state index contributed by atoms with van der Waals surface area (Å²) in [6.07, 6.45) is 2.57. The molecule has 0 fully saturated rings. The first-order chi connectivity index (χ1) is 3.72. The van der Waals surface area contributed by atoms with Crippen LogP contribution in [0, 0.1) is 0 Å². The van der Waals surface area contributed by atoms with Crippen molar-refractivity contribution in [3.63, 3.8) is 0 Å². The van der Waals surface area contributed by atoms with Crippen molar-refractivity contribution >= 4 is 0 Å². The Morgan fingerprint density at radius 3 is 2.38 bits per heavy atom. The van der Waals surface area contributed by atoms with Crippen molar-refractivity contribution < 1.29 is 0 Å². The summed E-state index contributed by atoms with van der Waals surface area (Å²) in [5.74, 6) is 0. The van der Waals surface area contributed by atoms with Gasteiger partial charge in [0.1, 0.15) is 0 Å². The van der Waals surface area contributed by atoms with Gasteiger partial charge in [0.05, 0.1) is 0 Å². The minimum atomic E-state index is 0.986. The third-order valence-corrected chi connectivity index (χ3v) is 1.23. The zero-order chi connectivity index (χ0) is 6.57. The van der Waals surface area contributed by atoms with Gasteiger partial charge in [-0.15, -0.1) is 0 Å². The highest BCUT2D eigenvalue weighted by molar-refractivity contribution is 5.24. The van der Waals surface area contributed by atoms with Gasteiger partial charge in [0.2, 0.25) is 0 Å². The van der Waals surface area contributed by atoms with E-state index in [9.17, 15) is 0 Å². The highest BCUT2D eigenvalue weighted by atomic mass is 14.5. The first kappa shape index (κ1) is 7.28. The summed E-state index contributed by atoms with van der Waals surface area (Å²) in [4.78, 5) is 0. The summed E-state index contributed by atoms with van der Waals surface area (Å²) >= 11 is 0. The van der Waals surface area contributed by atoms with E-state index < -0.39 is 0 Å².